The van der Waals surface area contributed by atoms with Crippen LogP contribution in [0.1, 0.15) is 53.8 Å². The summed E-state index contributed by atoms with van der Waals surface area (Å²) in [6.07, 6.45) is 2.64. The van der Waals surface area contributed by atoms with Crippen LogP contribution in [0, 0.1) is 12.8 Å². The van der Waals surface area contributed by atoms with Gasteiger partial charge in [0.05, 0.1) is 11.8 Å². The molecule has 1 N–H and O–H groups in total. The second-order valence-electron chi connectivity index (χ2n) is 7.78. The van der Waals surface area contributed by atoms with Gasteiger partial charge in [0.15, 0.2) is 11.9 Å². The number of rotatable bonds is 4. The average Bonchev–Trinajstić information content (AvgIpc) is 3.01. The number of carbonyl (C=O) groups excluding carboxylic acids is 1. The molecule has 4 rings (SSSR count). The molecule has 2 heterocycles. The molecule has 1 aliphatic rings. The molecule has 0 radical (unpaired) electrons. The molecule has 0 saturated carbocycles. The zero-order valence-electron chi connectivity index (χ0n) is 16.4. The highest BCUT2D eigenvalue weighted by Crippen LogP contribution is 2.35. The summed E-state index contributed by atoms with van der Waals surface area (Å²) in [6.45, 7) is 5.99. The lowest BCUT2D eigenvalue weighted by atomic mass is 9.89. The Morgan fingerprint density at radius 3 is 2.86 bits per heavy atom. The van der Waals surface area contributed by atoms with Gasteiger partial charge in [0.1, 0.15) is 4.83 Å². The van der Waals surface area contributed by atoms with Gasteiger partial charge in [-0.1, -0.05) is 36.8 Å². The van der Waals surface area contributed by atoms with E-state index in [-0.39, 0.29) is 17.9 Å². The molecule has 0 bridgehead atoms. The van der Waals surface area contributed by atoms with Crippen LogP contribution in [0.3, 0.4) is 0 Å². The number of aromatic nitrogens is 2. The molecule has 0 fully saturated rings. The number of ether oxygens (including phenoxy) is 1. The monoisotopic (exact) mass is 396 g/mol. The zero-order chi connectivity index (χ0) is 19.8. The van der Waals surface area contributed by atoms with Crippen LogP contribution in [-0.2, 0) is 28.8 Å². The molecule has 1 aliphatic carbocycles. The molecule has 28 heavy (non-hydrogen) atoms. The van der Waals surface area contributed by atoms with Crippen molar-refractivity contribution in [2.24, 2.45) is 5.92 Å². The van der Waals surface area contributed by atoms with Crippen LogP contribution in [0.5, 0.6) is 0 Å². The summed E-state index contributed by atoms with van der Waals surface area (Å²) in [6, 6.07) is 7.78. The second kappa shape index (κ2) is 7.51. The van der Waals surface area contributed by atoms with Gasteiger partial charge >= 0.3 is 5.97 Å². The number of esters is 1. The van der Waals surface area contributed by atoms with Crippen LogP contribution < -0.4 is 5.56 Å². The summed E-state index contributed by atoms with van der Waals surface area (Å²) in [5, 5.41) is 0.717. The maximum Gasteiger partial charge on any atom is 0.310 e. The lowest BCUT2D eigenvalue weighted by Crippen LogP contribution is -2.18. The number of fused-ring (bicyclic) bond motifs is 3. The molecule has 2 aromatic heterocycles. The summed E-state index contributed by atoms with van der Waals surface area (Å²) in [7, 11) is 0. The van der Waals surface area contributed by atoms with Gasteiger partial charge < -0.3 is 9.72 Å². The SMILES string of the molecule is Cc1ccc(CC(=O)O[C@@H](C)c2nc3sc4c(c3c(=O)[nH]2)CC[C@@H](C)C4)cc1. The van der Waals surface area contributed by atoms with E-state index in [0.717, 1.165) is 40.8 Å². The maximum atomic E-state index is 12.7. The second-order valence-corrected chi connectivity index (χ2v) is 8.86. The molecule has 5 nitrogen and oxygen atoms in total. The van der Waals surface area contributed by atoms with E-state index >= 15 is 0 Å². The fraction of sp³-hybridized carbons (Fsp3) is 0.409. The Balaban J connectivity index is 1.54. The molecule has 0 saturated heterocycles. The molecule has 0 amide bonds. The first-order chi connectivity index (χ1) is 13.4. The van der Waals surface area contributed by atoms with E-state index in [1.165, 1.54) is 4.88 Å². The molecule has 1 aromatic carbocycles. The lowest BCUT2D eigenvalue weighted by Gasteiger charge is -2.17. The molecule has 0 aliphatic heterocycles. The zero-order valence-corrected chi connectivity index (χ0v) is 17.2. The normalized spacial score (nSPS) is 17.3. The Kier molecular flexibility index (Phi) is 5.06. The van der Waals surface area contributed by atoms with Gasteiger partial charge in [-0.2, -0.15) is 0 Å². The van der Waals surface area contributed by atoms with E-state index in [0.29, 0.717) is 17.1 Å². The quantitative estimate of drug-likeness (QED) is 0.669. The molecule has 2 atom stereocenters. The summed E-state index contributed by atoms with van der Waals surface area (Å²) in [5.41, 5.74) is 3.07. The van der Waals surface area contributed by atoms with Crippen molar-refractivity contribution in [3.05, 3.63) is 62.0 Å². The number of nitrogens with one attached hydrogen (secondary N) is 1. The lowest BCUT2D eigenvalue weighted by molar-refractivity contribution is -0.148. The van der Waals surface area contributed by atoms with Crippen molar-refractivity contribution in [2.75, 3.05) is 0 Å². The molecule has 0 spiro atoms. The van der Waals surface area contributed by atoms with Crippen LogP contribution in [-0.4, -0.2) is 15.9 Å². The van der Waals surface area contributed by atoms with E-state index in [4.69, 9.17) is 4.74 Å². The first kappa shape index (κ1) is 18.9. The van der Waals surface area contributed by atoms with Gasteiger partial charge in [0.25, 0.3) is 5.56 Å². The highest BCUT2D eigenvalue weighted by atomic mass is 32.1. The van der Waals surface area contributed by atoms with Gasteiger partial charge in [-0.05, 0) is 50.2 Å². The number of thiophene rings is 1. The van der Waals surface area contributed by atoms with Gasteiger partial charge in [-0.15, -0.1) is 11.3 Å². The highest BCUT2D eigenvalue weighted by Gasteiger charge is 2.24. The molecular weight excluding hydrogens is 372 g/mol. The van der Waals surface area contributed by atoms with Crippen molar-refractivity contribution >= 4 is 27.5 Å². The van der Waals surface area contributed by atoms with Crippen molar-refractivity contribution in [1.82, 2.24) is 9.97 Å². The van der Waals surface area contributed by atoms with Crippen molar-refractivity contribution in [1.29, 1.82) is 0 Å². The number of aromatic amines is 1. The van der Waals surface area contributed by atoms with E-state index in [1.54, 1.807) is 18.3 Å². The fourth-order valence-electron chi connectivity index (χ4n) is 3.73. The van der Waals surface area contributed by atoms with Crippen molar-refractivity contribution in [3.8, 4) is 0 Å². The third-order valence-electron chi connectivity index (χ3n) is 5.35. The smallest absolute Gasteiger partial charge is 0.310 e. The number of carbonyl (C=O) groups is 1. The average molecular weight is 397 g/mol. The predicted molar refractivity (Wildman–Crippen MR) is 111 cm³/mol. The van der Waals surface area contributed by atoms with Gasteiger partial charge in [0, 0.05) is 4.88 Å². The summed E-state index contributed by atoms with van der Waals surface area (Å²) in [4.78, 5) is 34.5. The van der Waals surface area contributed by atoms with Crippen molar-refractivity contribution in [3.63, 3.8) is 0 Å². The first-order valence-electron chi connectivity index (χ1n) is 9.70. The maximum absolute atomic E-state index is 12.7. The largest absolute Gasteiger partial charge is 0.454 e. The van der Waals surface area contributed by atoms with E-state index in [9.17, 15) is 9.59 Å². The van der Waals surface area contributed by atoms with E-state index < -0.39 is 6.10 Å². The van der Waals surface area contributed by atoms with Crippen LogP contribution >= 0.6 is 11.3 Å². The summed E-state index contributed by atoms with van der Waals surface area (Å²) in [5.74, 6) is 0.709. The molecular formula is C22H24N2O3S. The number of hydrogen-bond acceptors (Lipinski definition) is 5. The summed E-state index contributed by atoms with van der Waals surface area (Å²) >= 11 is 1.60. The van der Waals surface area contributed by atoms with Crippen LogP contribution in [0.2, 0.25) is 0 Å². The highest BCUT2D eigenvalue weighted by molar-refractivity contribution is 7.18. The topological polar surface area (TPSA) is 72.0 Å². The molecule has 6 heteroatoms. The summed E-state index contributed by atoms with van der Waals surface area (Å²) < 4.78 is 5.53. The van der Waals surface area contributed by atoms with E-state index in [2.05, 4.69) is 16.9 Å². The number of benzene rings is 1. The minimum absolute atomic E-state index is 0.131. The van der Waals surface area contributed by atoms with Gasteiger partial charge in [-0.3, -0.25) is 9.59 Å². The minimum Gasteiger partial charge on any atom is -0.454 e. The van der Waals surface area contributed by atoms with Crippen LogP contribution in [0.25, 0.3) is 10.2 Å². The Bertz CT molecular complexity index is 1080. The number of nitrogens with zero attached hydrogens (tertiary/aromatic N) is 1. The third kappa shape index (κ3) is 3.74. The standard InChI is InChI=1S/C22H24N2O3S/c1-12-4-7-15(8-5-12)11-18(25)27-14(3)20-23-21(26)19-16-9-6-13(2)10-17(16)28-22(19)24-20/h4-5,7-8,13-14H,6,9-11H2,1-3H3,(H,23,24,26)/t13-,14+/m1/s1. The minimum atomic E-state index is -0.604. The van der Waals surface area contributed by atoms with Gasteiger partial charge in [0.2, 0.25) is 0 Å². The Morgan fingerprint density at radius 1 is 1.36 bits per heavy atom. The first-order valence-corrected chi connectivity index (χ1v) is 10.5. The van der Waals surface area contributed by atoms with Gasteiger partial charge in [-0.25, -0.2) is 4.98 Å². The Morgan fingerprint density at radius 2 is 2.11 bits per heavy atom. The molecule has 0 unspecified atom stereocenters. The number of hydrogen-bond donors (Lipinski definition) is 1. The van der Waals surface area contributed by atoms with Crippen LogP contribution in [0.15, 0.2) is 29.1 Å². The van der Waals surface area contributed by atoms with Crippen molar-refractivity contribution in [2.45, 2.75) is 52.6 Å². The fourth-order valence-corrected chi connectivity index (χ4v) is 5.12. The number of aryl methyl sites for hydroxylation is 2. The molecule has 146 valence electrons. The van der Waals surface area contributed by atoms with E-state index in [1.807, 2.05) is 31.2 Å². The van der Waals surface area contributed by atoms with Crippen LogP contribution in [0.4, 0.5) is 0 Å². The number of H-pyrrole nitrogens is 1. The molecule has 3 aromatic rings. The Labute approximate surface area is 167 Å². The van der Waals surface area contributed by atoms with Crippen molar-refractivity contribution < 1.29 is 9.53 Å². The third-order valence-corrected chi connectivity index (χ3v) is 6.49. The predicted octanol–water partition coefficient (Wildman–Crippen LogP) is 4.26. The Hall–Kier alpha value is -2.47.